The quantitative estimate of drug-likeness (QED) is 0.227. The van der Waals surface area contributed by atoms with E-state index in [1.54, 1.807) is 0 Å². The van der Waals surface area contributed by atoms with Gasteiger partial charge in [0.1, 0.15) is 0 Å². The van der Waals surface area contributed by atoms with E-state index in [9.17, 15) is 0 Å². The Labute approximate surface area is 136 Å². The van der Waals surface area contributed by atoms with Crippen LogP contribution in [0.4, 0.5) is 0 Å². The third kappa shape index (κ3) is 13.6. The Balaban J connectivity index is 3.97. The second-order valence-corrected chi connectivity index (χ2v) is 11.7. The maximum absolute atomic E-state index is 6.54. The molecular formula is C19H42OSi. The summed E-state index contributed by atoms with van der Waals surface area (Å²) in [6, 6.07) is 1.25. The van der Waals surface area contributed by atoms with Crippen molar-refractivity contribution in [3.8, 4) is 0 Å². The molecule has 0 aliphatic heterocycles. The van der Waals surface area contributed by atoms with Crippen LogP contribution < -0.4 is 0 Å². The van der Waals surface area contributed by atoms with Crippen LogP contribution in [0, 0.1) is 0 Å². The zero-order valence-electron chi connectivity index (χ0n) is 15.7. The van der Waals surface area contributed by atoms with Crippen molar-refractivity contribution in [2.24, 2.45) is 0 Å². The molecule has 0 N–H and O–H groups in total. The largest absolute Gasteiger partial charge is 0.414 e. The van der Waals surface area contributed by atoms with Gasteiger partial charge in [0, 0.05) is 6.10 Å². The first-order chi connectivity index (χ1) is 10.1. The molecule has 0 atom stereocenters. The van der Waals surface area contributed by atoms with Crippen molar-refractivity contribution in [3.05, 3.63) is 0 Å². The van der Waals surface area contributed by atoms with Gasteiger partial charge in [0.25, 0.3) is 0 Å². The molecule has 0 rings (SSSR count). The van der Waals surface area contributed by atoms with Crippen molar-refractivity contribution in [2.45, 2.75) is 123 Å². The Kier molecular flexibility index (Phi) is 13.9. The van der Waals surface area contributed by atoms with Gasteiger partial charge < -0.3 is 4.43 Å². The molecule has 0 saturated carbocycles. The summed E-state index contributed by atoms with van der Waals surface area (Å²) in [5, 5.41) is 0. The lowest BCUT2D eigenvalue weighted by molar-refractivity contribution is 0.163. The number of rotatable bonds is 15. The summed E-state index contributed by atoms with van der Waals surface area (Å²) in [4.78, 5) is 0. The van der Waals surface area contributed by atoms with E-state index in [1.807, 2.05) is 0 Å². The average molecular weight is 315 g/mol. The Morgan fingerprint density at radius 2 is 1.10 bits per heavy atom. The van der Waals surface area contributed by atoms with Crippen molar-refractivity contribution in [2.75, 3.05) is 0 Å². The van der Waals surface area contributed by atoms with Gasteiger partial charge >= 0.3 is 0 Å². The van der Waals surface area contributed by atoms with Crippen LogP contribution in [0.1, 0.15) is 97.8 Å². The minimum atomic E-state index is -1.39. The minimum absolute atomic E-state index is 0.551. The molecule has 0 heterocycles. The van der Waals surface area contributed by atoms with E-state index in [2.05, 4.69) is 33.9 Å². The van der Waals surface area contributed by atoms with Crippen molar-refractivity contribution in [3.63, 3.8) is 0 Å². The lowest BCUT2D eigenvalue weighted by Gasteiger charge is -2.29. The molecule has 0 radical (unpaired) electrons. The summed E-state index contributed by atoms with van der Waals surface area (Å²) in [5.74, 6) is 0. The second kappa shape index (κ2) is 13.8. The van der Waals surface area contributed by atoms with Crippen LogP contribution in [0.25, 0.3) is 0 Å². The summed E-state index contributed by atoms with van der Waals surface area (Å²) in [6.45, 7) is 11.6. The van der Waals surface area contributed by atoms with Gasteiger partial charge in [-0.25, -0.2) is 0 Å². The van der Waals surface area contributed by atoms with Gasteiger partial charge in [-0.1, -0.05) is 85.0 Å². The van der Waals surface area contributed by atoms with Gasteiger partial charge in [0.15, 0.2) is 8.32 Å². The fourth-order valence-electron chi connectivity index (χ4n) is 2.75. The molecule has 0 aromatic heterocycles. The molecule has 0 aromatic carbocycles. The molecular weight excluding hydrogens is 272 g/mol. The first kappa shape index (κ1) is 21.2. The minimum Gasteiger partial charge on any atom is -0.414 e. The summed E-state index contributed by atoms with van der Waals surface area (Å²) in [6.07, 6.45) is 17.0. The molecule has 0 saturated heterocycles. The van der Waals surface area contributed by atoms with Crippen LogP contribution in [0.5, 0.6) is 0 Å². The first-order valence-electron chi connectivity index (χ1n) is 9.73. The number of hydrogen-bond acceptors (Lipinski definition) is 1. The van der Waals surface area contributed by atoms with Crippen LogP contribution in [0.3, 0.4) is 0 Å². The fraction of sp³-hybridized carbons (Fsp3) is 1.00. The van der Waals surface area contributed by atoms with Crippen molar-refractivity contribution in [1.29, 1.82) is 0 Å². The molecule has 0 aromatic rings. The molecule has 21 heavy (non-hydrogen) atoms. The Bertz CT molecular complexity index is 202. The SMILES string of the molecule is CCCCCCCC(CCCCCCC)O[Si](C)(C)CC. The van der Waals surface area contributed by atoms with Gasteiger partial charge in [-0.3, -0.25) is 0 Å². The first-order valence-corrected chi connectivity index (χ1v) is 12.8. The highest BCUT2D eigenvalue weighted by atomic mass is 28.4. The summed E-state index contributed by atoms with van der Waals surface area (Å²) >= 11 is 0. The van der Waals surface area contributed by atoms with Crippen LogP contribution >= 0.6 is 0 Å². The zero-order valence-corrected chi connectivity index (χ0v) is 16.7. The molecule has 1 nitrogen and oxygen atoms in total. The molecule has 0 aliphatic carbocycles. The smallest absolute Gasteiger partial charge is 0.186 e. The van der Waals surface area contributed by atoms with Gasteiger partial charge in [0.05, 0.1) is 0 Å². The van der Waals surface area contributed by atoms with E-state index in [-0.39, 0.29) is 0 Å². The lowest BCUT2D eigenvalue weighted by Crippen LogP contribution is -2.34. The third-order valence-corrected chi connectivity index (χ3v) is 7.27. The monoisotopic (exact) mass is 314 g/mol. The average Bonchev–Trinajstić information content (AvgIpc) is 2.46. The highest BCUT2D eigenvalue weighted by Gasteiger charge is 2.24. The molecule has 0 spiro atoms. The van der Waals surface area contributed by atoms with E-state index in [0.29, 0.717) is 6.10 Å². The third-order valence-electron chi connectivity index (χ3n) is 4.60. The van der Waals surface area contributed by atoms with Crippen molar-refractivity contribution < 1.29 is 4.43 Å². The van der Waals surface area contributed by atoms with Gasteiger partial charge in [-0.15, -0.1) is 0 Å². The fourth-order valence-corrected chi connectivity index (χ4v) is 4.05. The zero-order chi connectivity index (χ0) is 16.0. The van der Waals surface area contributed by atoms with Gasteiger partial charge in [-0.05, 0) is 32.0 Å². The number of hydrogen-bond donors (Lipinski definition) is 0. The second-order valence-electron chi connectivity index (χ2n) is 7.26. The van der Waals surface area contributed by atoms with Crippen LogP contribution in [0.2, 0.25) is 19.1 Å². The molecule has 0 bridgehead atoms. The van der Waals surface area contributed by atoms with E-state index in [1.165, 1.54) is 83.1 Å². The topological polar surface area (TPSA) is 9.23 Å². The summed E-state index contributed by atoms with van der Waals surface area (Å²) in [7, 11) is -1.39. The number of unbranched alkanes of at least 4 members (excludes halogenated alkanes) is 8. The van der Waals surface area contributed by atoms with Crippen LogP contribution in [-0.4, -0.2) is 14.4 Å². The van der Waals surface area contributed by atoms with E-state index in [0.717, 1.165) is 0 Å². The molecule has 128 valence electrons. The maximum atomic E-state index is 6.54. The van der Waals surface area contributed by atoms with Crippen LogP contribution in [-0.2, 0) is 4.43 Å². The van der Waals surface area contributed by atoms with Crippen LogP contribution in [0.15, 0.2) is 0 Å². The maximum Gasteiger partial charge on any atom is 0.186 e. The van der Waals surface area contributed by atoms with E-state index < -0.39 is 8.32 Å². The predicted octanol–water partition coefficient (Wildman–Crippen LogP) is 7.32. The standard InChI is InChI=1S/C19H42OSi/c1-6-9-11-13-15-17-19(20-21(4,5)8-3)18-16-14-12-10-7-2/h19H,6-18H2,1-5H3. The highest BCUT2D eigenvalue weighted by molar-refractivity contribution is 6.71. The summed E-state index contributed by atoms with van der Waals surface area (Å²) in [5.41, 5.74) is 0. The Morgan fingerprint density at radius 3 is 1.48 bits per heavy atom. The van der Waals surface area contributed by atoms with Crippen molar-refractivity contribution >= 4 is 8.32 Å². The van der Waals surface area contributed by atoms with E-state index >= 15 is 0 Å². The Morgan fingerprint density at radius 1 is 0.667 bits per heavy atom. The highest BCUT2D eigenvalue weighted by Crippen LogP contribution is 2.21. The van der Waals surface area contributed by atoms with E-state index in [4.69, 9.17) is 4.43 Å². The molecule has 0 fully saturated rings. The molecule has 0 amide bonds. The molecule has 0 aliphatic rings. The Hall–Kier alpha value is 0.177. The lowest BCUT2D eigenvalue weighted by atomic mass is 10.0. The normalized spacial score (nSPS) is 12.3. The van der Waals surface area contributed by atoms with Gasteiger partial charge in [-0.2, -0.15) is 0 Å². The van der Waals surface area contributed by atoms with Gasteiger partial charge in [0.2, 0.25) is 0 Å². The summed E-state index contributed by atoms with van der Waals surface area (Å²) < 4.78 is 6.54. The predicted molar refractivity (Wildman–Crippen MR) is 99.6 cm³/mol. The molecule has 0 unspecified atom stereocenters. The van der Waals surface area contributed by atoms with Crippen molar-refractivity contribution in [1.82, 2.24) is 0 Å². The molecule has 2 heteroatoms.